The van der Waals surface area contributed by atoms with Crippen molar-refractivity contribution in [1.29, 1.82) is 0 Å². The predicted octanol–water partition coefficient (Wildman–Crippen LogP) is 1.67. The number of carbonyl (C=O) groups excluding carboxylic acids is 2. The van der Waals surface area contributed by atoms with E-state index in [-0.39, 0.29) is 6.10 Å². The topological polar surface area (TPSA) is 107 Å². The molecule has 0 aromatic carbocycles. The second-order valence-corrected chi connectivity index (χ2v) is 6.49. The Kier molecular flexibility index (Phi) is 6.66. The lowest BCUT2D eigenvalue weighted by Crippen LogP contribution is -2.40. The molecule has 0 unspecified atom stereocenters. The highest BCUT2D eigenvalue weighted by atomic mass is 32.2. The maximum atomic E-state index is 12.9. The van der Waals surface area contributed by atoms with E-state index >= 15 is 0 Å². The molecule has 1 fully saturated rings. The molecule has 7 nitrogen and oxygen atoms in total. The highest BCUT2D eigenvalue weighted by Crippen LogP contribution is 2.22. The molecule has 0 aromatic heterocycles. The Balaban J connectivity index is 2.43. The first-order valence-corrected chi connectivity index (χ1v) is 8.30. The lowest BCUT2D eigenvalue weighted by Gasteiger charge is -2.20. The van der Waals surface area contributed by atoms with Gasteiger partial charge in [-0.15, -0.1) is 0 Å². The second-order valence-electron chi connectivity index (χ2n) is 5.02. The van der Waals surface area contributed by atoms with Crippen molar-refractivity contribution in [3.05, 3.63) is 0 Å². The molecule has 1 rings (SSSR count). The maximum Gasteiger partial charge on any atom is 0.465 e. The van der Waals surface area contributed by atoms with Crippen LogP contribution in [0.3, 0.4) is 0 Å². The van der Waals surface area contributed by atoms with Crippen LogP contribution in [0.2, 0.25) is 0 Å². The molecule has 0 bridgehead atoms. The predicted molar refractivity (Wildman–Crippen MR) is 69.7 cm³/mol. The summed E-state index contributed by atoms with van der Waals surface area (Å²) in [4.78, 5) is 22.3. The number of hydrogen-bond donors (Lipinski definition) is 1. The van der Waals surface area contributed by atoms with E-state index in [2.05, 4.69) is 4.74 Å². The van der Waals surface area contributed by atoms with Crippen LogP contribution >= 0.6 is 0 Å². The van der Waals surface area contributed by atoms with E-state index in [4.69, 9.17) is 9.29 Å². The molecule has 0 saturated heterocycles. The van der Waals surface area contributed by atoms with Crippen LogP contribution in [0.4, 0.5) is 8.78 Å². The summed E-state index contributed by atoms with van der Waals surface area (Å²) in [6, 6.07) is 0. The molecule has 0 radical (unpaired) electrons. The molecule has 0 aliphatic heterocycles. The number of esters is 2. The van der Waals surface area contributed by atoms with Gasteiger partial charge in [0.1, 0.15) is 6.10 Å². The van der Waals surface area contributed by atoms with Crippen molar-refractivity contribution in [3.63, 3.8) is 0 Å². The minimum atomic E-state index is -5.95. The summed E-state index contributed by atoms with van der Waals surface area (Å²) in [5.74, 6) is -3.56. The van der Waals surface area contributed by atoms with Gasteiger partial charge in [-0.25, -0.2) is 9.59 Å². The summed E-state index contributed by atoms with van der Waals surface area (Å²) in [7, 11) is -5.95. The van der Waals surface area contributed by atoms with Gasteiger partial charge in [-0.05, 0) is 25.7 Å². The van der Waals surface area contributed by atoms with Crippen molar-refractivity contribution in [3.8, 4) is 0 Å². The Bertz CT molecular complexity index is 496. The Morgan fingerprint density at radius 3 is 2.09 bits per heavy atom. The van der Waals surface area contributed by atoms with E-state index in [0.717, 1.165) is 32.1 Å². The quantitative estimate of drug-likeness (QED) is 0.597. The van der Waals surface area contributed by atoms with Gasteiger partial charge in [0.05, 0.1) is 0 Å². The summed E-state index contributed by atoms with van der Waals surface area (Å²) in [6.45, 7) is -1.14. The van der Waals surface area contributed by atoms with Crippen LogP contribution in [-0.4, -0.2) is 42.9 Å². The van der Waals surface area contributed by atoms with Gasteiger partial charge in [0.2, 0.25) is 0 Å². The average Bonchev–Trinajstić information content (AvgIpc) is 2.37. The summed E-state index contributed by atoms with van der Waals surface area (Å²) < 4.78 is 63.5. The minimum absolute atomic E-state index is 0.367. The van der Waals surface area contributed by atoms with E-state index in [9.17, 15) is 26.8 Å². The van der Waals surface area contributed by atoms with Gasteiger partial charge in [0.15, 0.2) is 6.61 Å². The molecular formula is C12H18F2O7S. The minimum Gasteiger partial charge on any atom is -0.460 e. The van der Waals surface area contributed by atoms with Gasteiger partial charge in [0.25, 0.3) is 0 Å². The Hall–Kier alpha value is -1.29. The third-order valence-electron chi connectivity index (χ3n) is 3.23. The van der Waals surface area contributed by atoms with Crippen LogP contribution < -0.4 is 0 Å². The normalized spacial score (nSPS) is 18.1. The van der Waals surface area contributed by atoms with Crippen molar-refractivity contribution in [2.24, 2.45) is 0 Å². The lowest BCUT2D eigenvalue weighted by molar-refractivity contribution is -0.171. The largest absolute Gasteiger partial charge is 0.465 e. The van der Waals surface area contributed by atoms with Crippen molar-refractivity contribution >= 4 is 22.1 Å². The van der Waals surface area contributed by atoms with Gasteiger partial charge in [-0.2, -0.15) is 17.2 Å². The van der Waals surface area contributed by atoms with Crippen molar-refractivity contribution in [2.75, 3.05) is 6.61 Å². The standard InChI is InChI=1S/C12H18F2O7S/c13-12(14,22(17,18)19)11(16)20-8-10(15)21-9-6-4-2-1-3-5-7-9/h9H,1-8H2,(H,17,18,19). The van der Waals surface area contributed by atoms with Crippen LogP contribution in [0.25, 0.3) is 0 Å². The Morgan fingerprint density at radius 2 is 1.59 bits per heavy atom. The first kappa shape index (κ1) is 18.8. The molecule has 0 aromatic rings. The second kappa shape index (κ2) is 7.82. The third-order valence-corrected chi connectivity index (χ3v) is 4.05. The molecule has 1 N–H and O–H groups in total. The van der Waals surface area contributed by atoms with Crippen molar-refractivity contribution < 1.29 is 40.8 Å². The zero-order valence-corrected chi connectivity index (χ0v) is 12.6. The molecule has 1 aliphatic carbocycles. The summed E-state index contributed by atoms with van der Waals surface area (Å²) in [5, 5.41) is -5.12. The monoisotopic (exact) mass is 344 g/mol. The number of alkyl halides is 2. The number of rotatable bonds is 5. The van der Waals surface area contributed by atoms with E-state index in [1.165, 1.54) is 0 Å². The van der Waals surface area contributed by atoms with E-state index < -0.39 is 33.9 Å². The fourth-order valence-electron chi connectivity index (χ4n) is 2.07. The van der Waals surface area contributed by atoms with Gasteiger partial charge in [0, 0.05) is 0 Å². The average molecular weight is 344 g/mol. The van der Waals surface area contributed by atoms with Crippen LogP contribution in [0, 0.1) is 0 Å². The van der Waals surface area contributed by atoms with Crippen LogP contribution in [0.15, 0.2) is 0 Å². The molecule has 0 atom stereocenters. The van der Waals surface area contributed by atoms with E-state index in [0.29, 0.717) is 12.8 Å². The molecule has 22 heavy (non-hydrogen) atoms. The summed E-state index contributed by atoms with van der Waals surface area (Å²) in [6.07, 6.45) is 5.81. The zero-order chi connectivity index (χ0) is 16.8. The van der Waals surface area contributed by atoms with Gasteiger partial charge >= 0.3 is 27.3 Å². The van der Waals surface area contributed by atoms with Gasteiger partial charge in [-0.1, -0.05) is 19.3 Å². The van der Waals surface area contributed by atoms with Crippen LogP contribution in [0.1, 0.15) is 44.9 Å². The van der Waals surface area contributed by atoms with E-state index in [1.54, 1.807) is 0 Å². The third kappa shape index (κ3) is 5.48. The number of halogens is 2. The maximum absolute atomic E-state index is 12.9. The molecule has 0 amide bonds. The summed E-state index contributed by atoms with van der Waals surface area (Å²) >= 11 is 0. The molecule has 0 spiro atoms. The number of carbonyl (C=O) groups is 2. The highest BCUT2D eigenvalue weighted by Gasteiger charge is 2.54. The zero-order valence-electron chi connectivity index (χ0n) is 11.8. The smallest absolute Gasteiger partial charge is 0.460 e. The lowest BCUT2D eigenvalue weighted by atomic mass is 9.99. The van der Waals surface area contributed by atoms with Crippen molar-refractivity contribution in [1.82, 2.24) is 0 Å². The fraction of sp³-hybridized carbons (Fsp3) is 0.833. The molecule has 1 aliphatic rings. The van der Waals surface area contributed by atoms with Crippen LogP contribution in [0.5, 0.6) is 0 Å². The Morgan fingerprint density at radius 1 is 1.09 bits per heavy atom. The van der Waals surface area contributed by atoms with Crippen LogP contribution in [-0.2, 0) is 29.2 Å². The molecule has 10 heteroatoms. The molecule has 128 valence electrons. The Labute approximate surface area is 126 Å². The van der Waals surface area contributed by atoms with Crippen molar-refractivity contribution in [2.45, 2.75) is 56.3 Å². The SMILES string of the molecule is O=C(COC(=O)C(F)(F)S(=O)(=O)O)OC1CCCCCCC1. The summed E-state index contributed by atoms with van der Waals surface area (Å²) in [5.41, 5.74) is 0. The molecule has 1 saturated carbocycles. The van der Waals surface area contributed by atoms with Gasteiger partial charge in [-0.3, -0.25) is 4.55 Å². The molecular weight excluding hydrogens is 326 g/mol. The number of ether oxygens (including phenoxy) is 2. The van der Waals surface area contributed by atoms with Gasteiger partial charge < -0.3 is 9.47 Å². The highest BCUT2D eigenvalue weighted by molar-refractivity contribution is 7.87. The first-order chi connectivity index (χ1) is 10.1. The van der Waals surface area contributed by atoms with E-state index in [1.807, 2.05) is 0 Å². The fourth-order valence-corrected chi connectivity index (χ4v) is 2.34. The first-order valence-electron chi connectivity index (χ1n) is 6.86. The molecule has 0 heterocycles. The number of hydrogen-bond acceptors (Lipinski definition) is 6.